The van der Waals surface area contributed by atoms with Gasteiger partial charge in [-0.1, -0.05) is 158 Å². The third kappa shape index (κ3) is 4.31. The van der Waals surface area contributed by atoms with E-state index < -0.39 is 5.41 Å². The van der Waals surface area contributed by atoms with Crippen molar-refractivity contribution in [1.29, 1.82) is 0 Å². The van der Waals surface area contributed by atoms with Crippen molar-refractivity contribution >= 4 is 53.2 Å². The zero-order valence-electron chi connectivity index (χ0n) is 31.3. The fourth-order valence-electron chi connectivity index (χ4n) is 10.2. The summed E-state index contributed by atoms with van der Waals surface area (Å²) in [4.78, 5) is 12.1. The largest absolute Gasteiger partial charge is 0.227 e. The molecule has 0 saturated heterocycles. The molecule has 0 N–H and O–H groups in total. The minimum absolute atomic E-state index is 0.519. The average molecular weight is 753 g/mol. The predicted octanol–water partition coefficient (Wildman–Crippen LogP) is 14.5. The molecule has 11 aromatic rings. The molecule has 0 bridgehead atoms. The Morgan fingerprint density at radius 2 is 0.948 bits per heavy atom. The molecule has 0 saturated carbocycles. The maximum Gasteiger partial charge on any atom is 0.162 e. The Labute approximate surface area is 339 Å². The van der Waals surface area contributed by atoms with Gasteiger partial charge in [-0.3, -0.25) is 0 Å². The average Bonchev–Trinajstić information content (AvgIpc) is 3.91. The van der Waals surface area contributed by atoms with Crippen LogP contribution in [0.1, 0.15) is 22.3 Å². The van der Waals surface area contributed by atoms with Gasteiger partial charge in [-0.25, -0.2) is 9.97 Å². The molecule has 2 aromatic heterocycles. The second-order valence-corrected chi connectivity index (χ2v) is 16.7. The molecule has 0 amide bonds. The summed E-state index contributed by atoms with van der Waals surface area (Å²) in [5.74, 6) is 0.748. The van der Waals surface area contributed by atoms with Crippen LogP contribution in [-0.2, 0) is 5.41 Å². The summed E-state index contributed by atoms with van der Waals surface area (Å²) in [6.07, 6.45) is 0. The van der Waals surface area contributed by atoms with Crippen LogP contribution in [0.2, 0.25) is 0 Å². The number of aromatic nitrogens is 2. The van der Waals surface area contributed by atoms with Crippen molar-refractivity contribution in [1.82, 2.24) is 9.97 Å². The van der Waals surface area contributed by atoms with Crippen LogP contribution in [0.25, 0.3) is 97.9 Å². The Morgan fingerprint density at radius 3 is 1.71 bits per heavy atom. The van der Waals surface area contributed by atoms with E-state index in [1.807, 2.05) is 0 Å². The molecule has 2 nitrogen and oxygen atoms in total. The maximum atomic E-state index is 5.63. The molecular weight excluding hydrogens is 721 g/mol. The van der Waals surface area contributed by atoms with E-state index in [1.54, 1.807) is 11.3 Å². The van der Waals surface area contributed by atoms with Crippen LogP contribution in [0, 0.1) is 0 Å². The molecule has 2 aliphatic carbocycles. The Hall–Kier alpha value is -7.20. The lowest BCUT2D eigenvalue weighted by atomic mass is 9.70. The van der Waals surface area contributed by atoms with Gasteiger partial charge < -0.3 is 0 Å². The van der Waals surface area contributed by atoms with Crippen LogP contribution in [-0.4, -0.2) is 9.97 Å². The number of hydrogen-bond donors (Lipinski definition) is 0. The molecule has 268 valence electrons. The molecule has 2 aliphatic rings. The molecule has 9 aromatic carbocycles. The first-order valence-electron chi connectivity index (χ1n) is 19.9. The molecule has 0 aliphatic heterocycles. The zero-order valence-corrected chi connectivity index (χ0v) is 32.1. The SMILES string of the molecule is c1ccc(-c2cccc(-c3nc(-c4cccc5c4-c4ccccc4C54c5cc6ccccc6cc5-c5cc6ccccc6cc54)nc4sc5ccccc5c34)c2)cc1. The van der Waals surface area contributed by atoms with Gasteiger partial charge in [-0.2, -0.15) is 0 Å². The Balaban J connectivity index is 1.12. The highest BCUT2D eigenvalue weighted by atomic mass is 32.1. The summed E-state index contributed by atoms with van der Waals surface area (Å²) in [6.45, 7) is 0. The van der Waals surface area contributed by atoms with Gasteiger partial charge in [0.25, 0.3) is 0 Å². The van der Waals surface area contributed by atoms with E-state index in [0.717, 1.165) is 32.9 Å². The first-order valence-corrected chi connectivity index (χ1v) is 20.7. The van der Waals surface area contributed by atoms with Crippen molar-refractivity contribution in [2.75, 3.05) is 0 Å². The smallest absolute Gasteiger partial charge is 0.162 e. The van der Waals surface area contributed by atoms with Gasteiger partial charge in [0.2, 0.25) is 0 Å². The molecular formula is C55H32N2S. The summed E-state index contributed by atoms with van der Waals surface area (Å²) in [5, 5.41) is 7.31. The van der Waals surface area contributed by atoms with Crippen LogP contribution in [0.3, 0.4) is 0 Å². The second kappa shape index (κ2) is 11.9. The number of thiophene rings is 1. The summed E-state index contributed by atoms with van der Waals surface area (Å²) < 4.78 is 1.21. The van der Waals surface area contributed by atoms with Gasteiger partial charge in [0.15, 0.2) is 5.82 Å². The summed E-state index contributed by atoms with van der Waals surface area (Å²) >= 11 is 1.75. The van der Waals surface area contributed by atoms with E-state index in [-0.39, 0.29) is 0 Å². The standard InChI is InChI=1S/C55H32N2S/c1-2-14-33(15-3-1)34-20-12-21-39(28-34)52-51-41-23-9-11-27-49(41)58-54(51)57-53(56-52)42-24-13-26-46-50(42)40-22-8-10-25-45(40)55(46)47-31-37-18-6-4-16-35(37)29-43(47)44-30-36-17-5-7-19-38(36)32-48(44)55/h1-32H. The van der Waals surface area contributed by atoms with Gasteiger partial charge in [-0.05, 0) is 114 Å². The molecule has 0 fully saturated rings. The zero-order chi connectivity index (χ0) is 38.0. The van der Waals surface area contributed by atoms with Gasteiger partial charge in [0, 0.05) is 26.6 Å². The normalized spacial score (nSPS) is 13.3. The van der Waals surface area contributed by atoms with Gasteiger partial charge in [0.05, 0.1) is 11.1 Å². The molecule has 1 spiro atoms. The van der Waals surface area contributed by atoms with Crippen LogP contribution in [0.5, 0.6) is 0 Å². The molecule has 58 heavy (non-hydrogen) atoms. The first-order chi connectivity index (χ1) is 28.7. The number of benzene rings is 9. The molecule has 0 unspecified atom stereocenters. The van der Waals surface area contributed by atoms with Crippen molar-refractivity contribution < 1.29 is 0 Å². The molecule has 13 rings (SSSR count). The summed E-state index contributed by atoms with van der Waals surface area (Å²) in [7, 11) is 0. The van der Waals surface area contributed by atoms with Crippen molar-refractivity contribution in [2.45, 2.75) is 5.41 Å². The van der Waals surface area contributed by atoms with Crippen molar-refractivity contribution in [2.24, 2.45) is 0 Å². The van der Waals surface area contributed by atoms with E-state index >= 15 is 0 Å². The molecule has 2 heterocycles. The lowest BCUT2D eigenvalue weighted by molar-refractivity contribution is 0.796. The van der Waals surface area contributed by atoms with Crippen LogP contribution >= 0.6 is 11.3 Å². The van der Waals surface area contributed by atoms with Gasteiger partial charge in [-0.15, -0.1) is 11.3 Å². The highest BCUT2D eigenvalue weighted by Gasteiger charge is 2.52. The number of rotatable bonds is 3. The fraction of sp³-hybridized carbons (Fsp3) is 0.0182. The van der Waals surface area contributed by atoms with E-state index in [1.165, 1.54) is 87.3 Å². The highest BCUT2D eigenvalue weighted by molar-refractivity contribution is 7.25. The molecule has 0 atom stereocenters. The molecule has 0 radical (unpaired) electrons. The number of fused-ring (bicyclic) bond motifs is 15. The van der Waals surface area contributed by atoms with Gasteiger partial charge in [0.1, 0.15) is 4.83 Å². The molecule has 3 heteroatoms. The van der Waals surface area contributed by atoms with Crippen LogP contribution < -0.4 is 0 Å². The topological polar surface area (TPSA) is 25.8 Å². The van der Waals surface area contributed by atoms with E-state index in [2.05, 4.69) is 194 Å². The van der Waals surface area contributed by atoms with E-state index in [0.29, 0.717) is 0 Å². The van der Waals surface area contributed by atoms with E-state index in [4.69, 9.17) is 9.97 Å². The Kier molecular flexibility index (Phi) is 6.56. The fourth-order valence-corrected chi connectivity index (χ4v) is 11.3. The maximum absolute atomic E-state index is 5.63. The van der Waals surface area contributed by atoms with E-state index in [9.17, 15) is 0 Å². The number of nitrogens with zero attached hydrogens (tertiary/aromatic N) is 2. The Bertz CT molecular complexity index is 3440. The minimum Gasteiger partial charge on any atom is -0.227 e. The van der Waals surface area contributed by atoms with Crippen molar-refractivity contribution in [3.63, 3.8) is 0 Å². The minimum atomic E-state index is -0.519. The summed E-state index contributed by atoms with van der Waals surface area (Å²) in [6, 6.07) is 71.4. The quantitative estimate of drug-likeness (QED) is 0.180. The van der Waals surface area contributed by atoms with Crippen molar-refractivity contribution in [3.8, 4) is 56.0 Å². The van der Waals surface area contributed by atoms with Crippen LogP contribution in [0.15, 0.2) is 194 Å². The second-order valence-electron chi connectivity index (χ2n) is 15.6. The third-order valence-corrected chi connectivity index (χ3v) is 13.7. The lowest BCUT2D eigenvalue weighted by Crippen LogP contribution is -2.26. The number of hydrogen-bond acceptors (Lipinski definition) is 3. The van der Waals surface area contributed by atoms with Gasteiger partial charge >= 0.3 is 0 Å². The van der Waals surface area contributed by atoms with Crippen LogP contribution in [0.4, 0.5) is 0 Å². The summed E-state index contributed by atoms with van der Waals surface area (Å²) in [5.41, 5.74) is 15.2. The first kappa shape index (κ1) is 31.9. The highest BCUT2D eigenvalue weighted by Crippen LogP contribution is 2.65. The Morgan fingerprint density at radius 1 is 0.379 bits per heavy atom. The third-order valence-electron chi connectivity index (χ3n) is 12.7. The predicted molar refractivity (Wildman–Crippen MR) is 243 cm³/mol. The monoisotopic (exact) mass is 752 g/mol. The lowest BCUT2D eigenvalue weighted by Gasteiger charge is -2.31. The van der Waals surface area contributed by atoms with Crippen molar-refractivity contribution in [3.05, 3.63) is 216 Å².